The number of benzene rings is 2. The van der Waals surface area contributed by atoms with E-state index in [0.29, 0.717) is 26.8 Å². The first-order chi connectivity index (χ1) is 13.0. The third-order valence-electron chi connectivity index (χ3n) is 4.24. The lowest BCUT2D eigenvalue weighted by Crippen LogP contribution is -2.29. The van der Waals surface area contributed by atoms with Crippen LogP contribution in [0.3, 0.4) is 0 Å². The molecule has 2 aromatic carbocycles. The summed E-state index contributed by atoms with van der Waals surface area (Å²) >= 11 is 18.5. The number of halogens is 3. The molecule has 9 heteroatoms. The number of ether oxygens (including phenoxy) is 1. The number of nitrogens with zero attached hydrogens (tertiary/aromatic N) is 3. The van der Waals surface area contributed by atoms with Crippen molar-refractivity contribution < 1.29 is 9.53 Å². The smallest absolute Gasteiger partial charge is 0.229 e. The maximum Gasteiger partial charge on any atom is 0.229 e. The second-order valence-corrected chi connectivity index (χ2v) is 7.26. The van der Waals surface area contributed by atoms with Crippen LogP contribution in [0.4, 0.5) is 5.95 Å². The molecule has 0 radical (unpaired) electrons. The molecule has 0 saturated heterocycles. The van der Waals surface area contributed by atoms with Gasteiger partial charge in [-0.2, -0.15) is 10.1 Å². The molecular weight excluding hydrogens is 411 g/mol. The van der Waals surface area contributed by atoms with Gasteiger partial charge in [-0.05, 0) is 29.8 Å². The first-order valence-electron chi connectivity index (χ1n) is 8.07. The molecule has 0 aliphatic carbocycles. The van der Waals surface area contributed by atoms with E-state index >= 15 is 0 Å². The van der Waals surface area contributed by atoms with E-state index in [1.54, 1.807) is 35.0 Å². The lowest BCUT2D eigenvalue weighted by molar-refractivity contribution is -0.117. The quantitative estimate of drug-likeness (QED) is 0.657. The summed E-state index contributed by atoms with van der Waals surface area (Å²) in [6, 6.07) is 10.4. The fourth-order valence-corrected chi connectivity index (χ4v) is 3.61. The predicted molar refractivity (Wildman–Crippen MR) is 104 cm³/mol. The largest absolute Gasteiger partial charge is 0.487 e. The van der Waals surface area contributed by atoms with E-state index in [0.717, 1.165) is 11.1 Å². The van der Waals surface area contributed by atoms with Crippen molar-refractivity contribution in [2.45, 2.75) is 19.1 Å². The molecule has 1 amide bonds. The Hall–Kier alpha value is -2.28. The fraction of sp³-hybridized carbons (Fsp3) is 0.167. The van der Waals surface area contributed by atoms with Crippen molar-refractivity contribution in [1.82, 2.24) is 14.8 Å². The van der Waals surface area contributed by atoms with Gasteiger partial charge < -0.3 is 4.74 Å². The summed E-state index contributed by atoms with van der Waals surface area (Å²) in [5.41, 5.74) is 1.65. The fourth-order valence-electron chi connectivity index (χ4n) is 2.90. The van der Waals surface area contributed by atoms with Crippen LogP contribution in [0.1, 0.15) is 23.6 Å². The minimum atomic E-state index is -0.270. The standard InChI is InChI=1S/C18H13Cl3N4O2/c19-12-3-1-11(13(20)6-12)8-27-16-4-2-10(5-14(16)21)15-7-17(26)24-18-22-9-23-25(15)18/h1-6,9,15H,7-8H2,(H,22,23,24,26). The normalized spacial score (nSPS) is 16.0. The molecule has 6 nitrogen and oxygen atoms in total. The molecule has 3 aromatic rings. The Labute approximate surface area is 170 Å². The molecule has 0 bridgehead atoms. The highest BCUT2D eigenvalue weighted by Gasteiger charge is 2.28. The number of fused-ring (bicyclic) bond motifs is 1. The number of hydrogen-bond donors (Lipinski definition) is 1. The van der Waals surface area contributed by atoms with E-state index in [-0.39, 0.29) is 25.0 Å². The number of carbonyl (C=O) groups is 1. The van der Waals surface area contributed by atoms with E-state index in [1.807, 2.05) is 6.07 Å². The average molecular weight is 424 g/mol. The van der Waals surface area contributed by atoms with Crippen molar-refractivity contribution in [3.63, 3.8) is 0 Å². The maximum atomic E-state index is 11.9. The van der Waals surface area contributed by atoms with Gasteiger partial charge in [-0.3, -0.25) is 10.1 Å². The van der Waals surface area contributed by atoms with Gasteiger partial charge in [0, 0.05) is 15.6 Å². The van der Waals surface area contributed by atoms with Crippen molar-refractivity contribution in [3.8, 4) is 5.75 Å². The van der Waals surface area contributed by atoms with Crippen LogP contribution in [0.15, 0.2) is 42.7 Å². The lowest BCUT2D eigenvalue weighted by atomic mass is 10.0. The molecule has 138 valence electrons. The first kappa shape index (κ1) is 18.1. The molecule has 0 spiro atoms. The maximum absolute atomic E-state index is 11.9. The van der Waals surface area contributed by atoms with Crippen molar-refractivity contribution >= 4 is 46.7 Å². The van der Waals surface area contributed by atoms with Crippen LogP contribution in [0, 0.1) is 0 Å². The molecule has 1 aromatic heterocycles. The molecular formula is C18H13Cl3N4O2. The topological polar surface area (TPSA) is 69.0 Å². The van der Waals surface area contributed by atoms with Crippen molar-refractivity contribution in [2.24, 2.45) is 0 Å². The van der Waals surface area contributed by atoms with Gasteiger partial charge in [0.15, 0.2) is 0 Å². The number of amides is 1. The van der Waals surface area contributed by atoms with Gasteiger partial charge >= 0.3 is 0 Å². The average Bonchev–Trinajstić information content (AvgIpc) is 3.09. The highest BCUT2D eigenvalue weighted by molar-refractivity contribution is 6.35. The van der Waals surface area contributed by atoms with Gasteiger partial charge in [0.25, 0.3) is 0 Å². The second-order valence-electron chi connectivity index (χ2n) is 6.01. The Morgan fingerprint density at radius 3 is 2.78 bits per heavy atom. The Bertz CT molecular complexity index is 1020. The number of carbonyl (C=O) groups excluding carboxylic acids is 1. The van der Waals surface area contributed by atoms with E-state index in [4.69, 9.17) is 39.5 Å². The number of aromatic nitrogens is 3. The van der Waals surface area contributed by atoms with Gasteiger partial charge in [0.05, 0.1) is 17.5 Å². The summed E-state index contributed by atoms with van der Waals surface area (Å²) in [4.78, 5) is 15.9. The van der Waals surface area contributed by atoms with Crippen molar-refractivity contribution in [2.75, 3.05) is 5.32 Å². The molecule has 2 heterocycles. The van der Waals surface area contributed by atoms with Gasteiger partial charge in [-0.25, -0.2) is 4.68 Å². The van der Waals surface area contributed by atoms with Crippen LogP contribution >= 0.6 is 34.8 Å². The highest BCUT2D eigenvalue weighted by Crippen LogP contribution is 2.34. The summed E-state index contributed by atoms with van der Waals surface area (Å²) < 4.78 is 7.46. The summed E-state index contributed by atoms with van der Waals surface area (Å²) in [5.74, 6) is 0.824. The molecule has 1 aliphatic heterocycles. The molecule has 0 saturated carbocycles. The van der Waals surface area contributed by atoms with E-state index in [1.165, 1.54) is 6.33 Å². The number of anilines is 1. The van der Waals surface area contributed by atoms with Crippen LogP contribution in [0.5, 0.6) is 5.75 Å². The molecule has 1 atom stereocenters. The van der Waals surface area contributed by atoms with Gasteiger partial charge in [0.1, 0.15) is 18.7 Å². The number of rotatable bonds is 4. The minimum absolute atomic E-state index is 0.116. The van der Waals surface area contributed by atoms with E-state index < -0.39 is 0 Å². The van der Waals surface area contributed by atoms with Crippen LogP contribution in [0.25, 0.3) is 0 Å². The lowest BCUT2D eigenvalue weighted by Gasteiger charge is -2.24. The first-order valence-corrected chi connectivity index (χ1v) is 9.20. The third-order valence-corrected chi connectivity index (χ3v) is 5.12. The SMILES string of the molecule is O=C1CC(c2ccc(OCc3ccc(Cl)cc3Cl)c(Cl)c2)n2ncnc2N1. The molecule has 4 rings (SSSR count). The molecule has 0 fully saturated rings. The van der Waals surface area contributed by atoms with Crippen molar-refractivity contribution in [1.29, 1.82) is 0 Å². The third kappa shape index (κ3) is 3.74. The summed E-state index contributed by atoms with van der Waals surface area (Å²) in [6.45, 7) is 0.258. The number of hydrogen-bond acceptors (Lipinski definition) is 4. The summed E-state index contributed by atoms with van der Waals surface area (Å²) in [5, 5.41) is 8.40. The number of nitrogens with one attached hydrogen (secondary N) is 1. The highest BCUT2D eigenvalue weighted by atomic mass is 35.5. The Morgan fingerprint density at radius 2 is 2.00 bits per heavy atom. The zero-order valence-corrected chi connectivity index (χ0v) is 16.1. The second kappa shape index (κ2) is 7.38. The minimum Gasteiger partial charge on any atom is -0.487 e. The summed E-state index contributed by atoms with van der Waals surface area (Å²) in [6.07, 6.45) is 1.66. The van der Waals surface area contributed by atoms with Crippen LogP contribution in [0.2, 0.25) is 15.1 Å². The van der Waals surface area contributed by atoms with E-state index in [9.17, 15) is 4.79 Å². The Kier molecular flexibility index (Phi) is 4.95. The Morgan fingerprint density at radius 1 is 1.15 bits per heavy atom. The van der Waals surface area contributed by atoms with E-state index in [2.05, 4.69) is 15.4 Å². The van der Waals surface area contributed by atoms with Crippen LogP contribution < -0.4 is 10.1 Å². The zero-order valence-electron chi connectivity index (χ0n) is 13.8. The summed E-state index contributed by atoms with van der Waals surface area (Å²) in [7, 11) is 0. The monoisotopic (exact) mass is 422 g/mol. The van der Waals surface area contributed by atoms with Gasteiger partial charge in [0.2, 0.25) is 11.9 Å². The molecule has 1 N–H and O–H groups in total. The Balaban J connectivity index is 1.54. The van der Waals surface area contributed by atoms with Crippen LogP contribution in [-0.4, -0.2) is 20.7 Å². The molecule has 1 unspecified atom stereocenters. The van der Waals surface area contributed by atoms with Crippen LogP contribution in [-0.2, 0) is 11.4 Å². The van der Waals surface area contributed by atoms with Gasteiger partial charge in [-0.1, -0.05) is 46.9 Å². The predicted octanol–water partition coefficient (Wildman–Crippen LogP) is 4.75. The molecule has 27 heavy (non-hydrogen) atoms. The van der Waals surface area contributed by atoms with Gasteiger partial charge in [-0.15, -0.1) is 0 Å². The zero-order chi connectivity index (χ0) is 19.0. The van der Waals surface area contributed by atoms with Crippen molar-refractivity contribution in [3.05, 3.63) is 68.9 Å². The molecule has 1 aliphatic rings.